The van der Waals surface area contributed by atoms with Crippen molar-refractivity contribution in [1.82, 2.24) is 14.9 Å². The Morgan fingerprint density at radius 3 is 2.92 bits per heavy atom. The van der Waals surface area contributed by atoms with Crippen LogP contribution in [0.5, 0.6) is 0 Å². The van der Waals surface area contributed by atoms with Gasteiger partial charge in [-0.25, -0.2) is 4.98 Å². The number of imidazole rings is 1. The second kappa shape index (κ2) is 6.52. The predicted octanol–water partition coefficient (Wildman–Crippen LogP) is 2.13. The van der Waals surface area contributed by atoms with Gasteiger partial charge in [0.2, 0.25) is 0 Å². The number of aromatic nitrogens is 2. The average molecular weight is 341 g/mol. The lowest BCUT2D eigenvalue weighted by Crippen LogP contribution is -2.46. The van der Waals surface area contributed by atoms with E-state index in [1.165, 1.54) is 17.0 Å². The highest BCUT2D eigenvalue weighted by Gasteiger charge is 2.31. The highest BCUT2D eigenvalue weighted by atomic mass is 19.4. The molecule has 2 aromatic rings. The van der Waals surface area contributed by atoms with Crippen LogP contribution in [0.25, 0.3) is 11.0 Å². The molecule has 3 rings (SSSR count). The van der Waals surface area contributed by atoms with Crippen LogP contribution in [0.15, 0.2) is 24.5 Å². The number of Topliss-reactive ketones (excluding diaryl/α,β-unsaturated/α-hetero) is 1. The van der Waals surface area contributed by atoms with E-state index in [4.69, 9.17) is 0 Å². The van der Waals surface area contributed by atoms with E-state index in [-0.39, 0.29) is 30.3 Å². The Morgan fingerprint density at radius 2 is 2.21 bits per heavy atom. The van der Waals surface area contributed by atoms with Crippen LogP contribution >= 0.6 is 0 Å². The van der Waals surface area contributed by atoms with Gasteiger partial charge in [0.05, 0.1) is 35.6 Å². The molecule has 1 saturated heterocycles. The molecule has 8 heteroatoms. The number of carbonyl (C=O) groups is 1. The fourth-order valence-electron chi connectivity index (χ4n) is 3.01. The first-order valence-electron chi connectivity index (χ1n) is 7.80. The Bertz CT molecular complexity index is 742. The second-order valence-electron chi connectivity index (χ2n) is 6.09. The number of piperidine rings is 1. The average Bonchev–Trinajstić information content (AvgIpc) is 2.91. The molecular weight excluding hydrogens is 323 g/mol. The smallest absolute Gasteiger partial charge is 0.391 e. The van der Waals surface area contributed by atoms with E-state index in [1.807, 2.05) is 0 Å². The molecule has 1 aliphatic heterocycles. The van der Waals surface area contributed by atoms with Crippen LogP contribution in [-0.4, -0.2) is 39.1 Å². The highest BCUT2D eigenvalue weighted by Crippen LogP contribution is 2.31. The first-order chi connectivity index (χ1) is 11.3. The van der Waals surface area contributed by atoms with E-state index in [2.05, 4.69) is 10.3 Å². The molecule has 1 aromatic heterocycles. The van der Waals surface area contributed by atoms with Crippen LogP contribution in [-0.2, 0) is 17.5 Å². The molecule has 24 heavy (non-hydrogen) atoms. The number of carbonyl (C=O) groups excluding carboxylic acids is 1. The number of rotatable bonds is 4. The Labute approximate surface area is 136 Å². The van der Waals surface area contributed by atoms with E-state index < -0.39 is 17.8 Å². The van der Waals surface area contributed by atoms with E-state index in [0.717, 1.165) is 25.1 Å². The fraction of sp³-hybridized carbons (Fsp3) is 0.500. The first kappa shape index (κ1) is 16.9. The minimum atomic E-state index is -4.42. The summed E-state index contributed by atoms with van der Waals surface area (Å²) in [5.41, 5.74) is -0.0805. The van der Waals surface area contributed by atoms with Gasteiger partial charge in [-0.05, 0) is 37.6 Å². The lowest BCUT2D eigenvalue weighted by atomic mass is 9.97. The van der Waals surface area contributed by atoms with Crippen molar-refractivity contribution in [3.8, 4) is 0 Å². The Kier molecular flexibility index (Phi) is 4.60. The summed E-state index contributed by atoms with van der Waals surface area (Å²) in [7, 11) is 0. The molecule has 0 radical (unpaired) electrons. The Hall–Kier alpha value is -1.93. The minimum absolute atomic E-state index is 0.0206. The molecule has 2 atom stereocenters. The van der Waals surface area contributed by atoms with Gasteiger partial charge in [-0.1, -0.05) is 0 Å². The minimum Gasteiger partial charge on any atom is -0.391 e. The van der Waals surface area contributed by atoms with Gasteiger partial charge < -0.3 is 15.0 Å². The number of fused-ring (bicyclic) bond motifs is 1. The van der Waals surface area contributed by atoms with Crippen molar-refractivity contribution >= 4 is 16.8 Å². The van der Waals surface area contributed by atoms with Crippen molar-refractivity contribution in [2.24, 2.45) is 0 Å². The molecule has 1 fully saturated rings. The van der Waals surface area contributed by atoms with E-state index in [9.17, 15) is 23.1 Å². The van der Waals surface area contributed by atoms with Crippen LogP contribution in [0, 0.1) is 0 Å². The van der Waals surface area contributed by atoms with Gasteiger partial charge in [0.15, 0.2) is 5.78 Å². The predicted molar refractivity (Wildman–Crippen MR) is 81.4 cm³/mol. The standard InChI is InChI=1S/C16H18F3N3O2/c17-16(18,19)10-3-4-14-12(6-10)21-9-22(14)8-11(23)7-13-15(24)2-1-5-20-13/h3-4,6,9,13,15,20,24H,1-2,5,7-8H2/t13-,15+/m1/s1. The van der Waals surface area contributed by atoms with Crippen molar-refractivity contribution in [3.05, 3.63) is 30.1 Å². The molecule has 2 N–H and O–H groups in total. The molecule has 5 nitrogen and oxygen atoms in total. The molecule has 0 bridgehead atoms. The van der Waals surface area contributed by atoms with Crippen molar-refractivity contribution < 1.29 is 23.1 Å². The number of halogens is 3. The molecule has 0 aliphatic carbocycles. The number of aliphatic hydroxyl groups excluding tert-OH is 1. The topological polar surface area (TPSA) is 67.2 Å². The quantitative estimate of drug-likeness (QED) is 0.894. The SMILES string of the molecule is O=C(C[C@H]1NCCC[C@@H]1O)Cn1cnc2cc(C(F)(F)F)ccc21. The number of aliphatic hydroxyl groups is 1. The molecule has 2 heterocycles. The molecule has 130 valence electrons. The maximum absolute atomic E-state index is 12.7. The summed E-state index contributed by atoms with van der Waals surface area (Å²) < 4.78 is 39.7. The van der Waals surface area contributed by atoms with Crippen LogP contribution in [0.2, 0.25) is 0 Å². The number of benzene rings is 1. The number of hydrogen-bond donors (Lipinski definition) is 2. The zero-order chi connectivity index (χ0) is 17.3. The number of nitrogens with zero attached hydrogens (tertiary/aromatic N) is 2. The lowest BCUT2D eigenvalue weighted by Gasteiger charge is -2.28. The molecule has 0 saturated carbocycles. The van der Waals surface area contributed by atoms with E-state index in [0.29, 0.717) is 11.9 Å². The normalized spacial score (nSPS) is 22.0. The third kappa shape index (κ3) is 3.59. The zero-order valence-electron chi connectivity index (χ0n) is 12.9. The largest absolute Gasteiger partial charge is 0.416 e. The molecule has 1 aliphatic rings. The lowest BCUT2D eigenvalue weighted by molar-refractivity contribution is -0.137. The fourth-order valence-corrected chi connectivity index (χ4v) is 3.01. The number of hydrogen-bond acceptors (Lipinski definition) is 4. The van der Waals surface area contributed by atoms with E-state index >= 15 is 0 Å². The third-order valence-corrected chi connectivity index (χ3v) is 4.29. The summed E-state index contributed by atoms with van der Waals surface area (Å²) in [6, 6.07) is 3.02. The van der Waals surface area contributed by atoms with Gasteiger partial charge in [-0.3, -0.25) is 4.79 Å². The van der Waals surface area contributed by atoms with Crippen molar-refractivity contribution in [3.63, 3.8) is 0 Å². The summed E-state index contributed by atoms with van der Waals surface area (Å²) in [4.78, 5) is 16.2. The van der Waals surface area contributed by atoms with Crippen molar-refractivity contribution in [2.45, 2.75) is 44.1 Å². The summed E-state index contributed by atoms with van der Waals surface area (Å²) in [5, 5.41) is 13.0. The summed E-state index contributed by atoms with van der Waals surface area (Å²) in [5.74, 6) is -0.104. The number of nitrogens with one attached hydrogen (secondary N) is 1. The Morgan fingerprint density at radius 1 is 1.42 bits per heavy atom. The second-order valence-corrected chi connectivity index (χ2v) is 6.09. The van der Waals surface area contributed by atoms with Gasteiger partial charge >= 0.3 is 6.18 Å². The van der Waals surface area contributed by atoms with E-state index in [1.54, 1.807) is 0 Å². The molecule has 0 amide bonds. The molecule has 0 spiro atoms. The van der Waals surface area contributed by atoms with Gasteiger partial charge in [0.1, 0.15) is 0 Å². The molecular formula is C16H18F3N3O2. The van der Waals surface area contributed by atoms with Crippen molar-refractivity contribution in [1.29, 1.82) is 0 Å². The summed E-state index contributed by atoms with van der Waals surface area (Å²) in [6.07, 6.45) is -1.87. The van der Waals surface area contributed by atoms with Gasteiger partial charge in [-0.15, -0.1) is 0 Å². The zero-order valence-corrected chi connectivity index (χ0v) is 12.9. The maximum Gasteiger partial charge on any atom is 0.416 e. The van der Waals surface area contributed by atoms with Crippen LogP contribution in [0.1, 0.15) is 24.8 Å². The van der Waals surface area contributed by atoms with Crippen molar-refractivity contribution in [2.75, 3.05) is 6.54 Å². The summed E-state index contributed by atoms with van der Waals surface area (Å²) >= 11 is 0. The monoisotopic (exact) mass is 341 g/mol. The number of alkyl halides is 3. The third-order valence-electron chi connectivity index (χ3n) is 4.29. The maximum atomic E-state index is 12.7. The summed E-state index contributed by atoms with van der Waals surface area (Å²) in [6.45, 7) is 0.788. The highest BCUT2D eigenvalue weighted by molar-refractivity contribution is 5.82. The molecule has 1 aromatic carbocycles. The van der Waals surface area contributed by atoms with Gasteiger partial charge in [0.25, 0.3) is 0 Å². The van der Waals surface area contributed by atoms with Gasteiger partial charge in [0, 0.05) is 12.5 Å². The number of ketones is 1. The first-order valence-corrected chi connectivity index (χ1v) is 7.80. The Balaban J connectivity index is 1.72. The van der Waals surface area contributed by atoms with Crippen LogP contribution < -0.4 is 5.32 Å². The van der Waals surface area contributed by atoms with Crippen LogP contribution in [0.3, 0.4) is 0 Å². The molecule has 0 unspecified atom stereocenters. The van der Waals surface area contributed by atoms with Crippen LogP contribution in [0.4, 0.5) is 13.2 Å². The van der Waals surface area contributed by atoms with Gasteiger partial charge in [-0.2, -0.15) is 13.2 Å².